The van der Waals surface area contributed by atoms with E-state index >= 15 is 0 Å². The molecule has 10 atom stereocenters. The first-order valence-electron chi connectivity index (χ1n) is 28.3. The number of hydrogen-bond donors (Lipinski definition) is 6. The van der Waals surface area contributed by atoms with Gasteiger partial charge in [-0.05, 0) is 96.5 Å². The largest absolute Gasteiger partial charge is 0.386 e. The van der Waals surface area contributed by atoms with E-state index in [4.69, 9.17) is 24.8 Å². The number of aliphatic hydroxyl groups excluding tert-OH is 1. The van der Waals surface area contributed by atoms with Crippen molar-refractivity contribution in [3.05, 3.63) is 35.9 Å². The Kier molecular flexibility index (Phi) is 30.0. The van der Waals surface area contributed by atoms with Gasteiger partial charge in [0, 0.05) is 54.2 Å². The number of nitrogens with zero attached hydrogens (tertiary/aromatic N) is 3. The lowest BCUT2D eigenvalue weighted by atomic mass is 9.89. The summed E-state index contributed by atoms with van der Waals surface area (Å²) >= 11 is 0. The number of nitrogens with one attached hydrogen (secondary N) is 4. The van der Waals surface area contributed by atoms with Crippen LogP contribution in [0.3, 0.4) is 0 Å². The number of carbonyl (C=O) groups excluding carboxylic acids is 7. The summed E-state index contributed by atoms with van der Waals surface area (Å²) in [5, 5.41) is 19.8. The molecule has 1 saturated heterocycles. The third-order valence-electron chi connectivity index (χ3n) is 15.5. The minimum atomic E-state index is -0.980. The highest BCUT2D eigenvalue weighted by molar-refractivity contribution is 5.92. The van der Waals surface area contributed by atoms with E-state index in [2.05, 4.69) is 21.4 Å². The van der Waals surface area contributed by atoms with Crippen LogP contribution in [-0.2, 0) is 52.5 Å². The summed E-state index contributed by atoms with van der Waals surface area (Å²) in [4.78, 5) is 99.2. The van der Waals surface area contributed by atoms with Crippen LogP contribution in [0, 0.1) is 23.7 Å². The van der Waals surface area contributed by atoms with Crippen molar-refractivity contribution >= 4 is 41.4 Å². The number of hydrazine groups is 1. The number of hydrogen-bond acceptors (Lipinski definition) is 13. The third kappa shape index (κ3) is 22.1. The molecular weight excluding hydrogens is 1000 g/mol. The molecule has 1 fully saturated rings. The van der Waals surface area contributed by atoms with E-state index in [0.717, 1.165) is 6.42 Å². The normalized spacial score (nSPS) is 17.5. The van der Waals surface area contributed by atoms with E-state index in [1.165, 1.54) is 19.1 Å². The minimum Gasteiger partial charge on any atom is -0.386 e. The van der Waals surface area contributed by atoms with Crippen LogP contribution in [0.5, 0.6) is 0 Å². The van der Waals surface area contributed by atoms with Gasteiger partial charge in [-0.3, -0.25) is 39.0 Å². The van der Waals surface area contributed by atoms with Crippen molar-refractivity contribution in [3.8, 4) is 0 Å². The number of methoxy groups -OCH3 is 2. The van der Waals surface area contributed by atoms with Crippen LogP contribution < -0.4 is 27.2 Å². The predicted octanol–water partition coefficient (Wildman–Crippen LogP) is 5.20. The Balaban J connectivity index is 2.09. The number of unbranched alkanes of at least 4 members (excludes halogenated alkanes) is 2. The first kappa shape index (κ1) is 69.4. The van der Waals surface area contributed by atoms with Crippen LogP contribution >= 0.6 is 0 Å². The summed E-state index contributed by atoms with van der Waals surface area (Å²) < 4.78 is 24.4. The Labute approximate surface area is 467 Å². The van der Waals surface area contributed by atoms with Gasteiger partial charge in [-0.2, -0.15) is 0 Å². The Morgan fingerprint density at radius 1 is 0.795 bits per heavy atom. The lowest BCUT2D eigenvalue weighted by Gasteiger charge is -2.41. The van der Waals surface area contributed by atoms with E-state index in [9.17, 15) is 38.7 Å². The molecule has 1 aliphatic rings. The van der Waals surface area contributed by atoms with Crippen molar-refractivity contribution < 1.29 is 57.6 Å². The van der Waals surface area contributed by atoms with Crippen molar-refractivity contribution in [2.45, 2.75) is 213 Å². The number of carbonyl (C=O) groups is 7. The number of benzene rings is 1. The topological polar surface area (TPSA) is 260 Å². The molecule has 20 heteroatoms. The molecule has 2 rings (SSSR count). The Morgan fingerprint density at radius 2 is 1.41 bits per heavy atom. The molecule has 78 heavy (non-hydrogen) atoms. The van der Waals surface area contributed by atoms with E-state index in [1.807, 2.05) is 87.4 Å². The molecule has 0 aromatic heterocycles. The Bertz CT molecular complexity index is 2020. The second-order valence-corrected chi connectivity index (χ2v) is 23.3. The molecule has 1 aromatic rings. The lowest BCUT2D eigenvalue weighted by Crippen LogP contribution is -2.60. The van der Waals surface area contributed by atoms with Gasteiger partial charge in [0.05, 0.1) is 66.6 Å². The molecule has 446 valence electrons. The van der Waals surface area contributed by atoms with Crippen molar-refractivity contribution in [2.75, 3.05) is 54.6 Å². The maximum Gasteiger partial charge on any atom is 0.249 e. The van der Waals surface area contributed by atoms with Gasteiger partial charge in [-0.25, -0.2) is 5.84 Å². The van der Waals surface area contributed by atoms with Crippen LogP contribution in [0.1, 0.15) is 165 Å². The van der Waals surface area contributed by atoms with Crippen LogP contribution in [0.15, 0.2) is 30.3 Å². The first-order chi connectivity index (χ1) is 36.6. The molecule has 7 N–H and O–H groups in total. The number of likely N-dealkylation sites (tertiary alicyclic amines) is 1. The third-order valence-corrected chi connectivity index (χ3v) is 15.5. The van der Waals surface area contributed by atoms with Gasteiger partial charge < -0.3 is 54.7 Å². The van der Waals surface area contributed by atoms with Crippen LogP contribution in [0.2, 0.25) is 0 Å². The summed E-state index contributed by atoms with van der Waals surface area (Å²) in [5.74, 6) is 1.60. The monoisotopic (exact) mass is 1100 g/mol. The zero-order valence-electron chi connectivity index (χ0n) is 50.3. The van der Waals surface area contributed by atoms with Gasteiger partial charge in [0.1, 0.15) is 18.7 Å². The van der Waals surface area contributed by atoms with E-state index in [0.29, 0.717) is 83.0 Å². The van der Waals surface area contributed by atoms with Crippen molar-refractivity contribution in [1.82, 2.24) is 36.1 Å². The molecule has 20 nitrogen and oxygen atoms in total. The molecule has 1 aliphatic heterocycles. The zero-order chi connectivity index (χ0) is 59.1. The van der Waals surface area contributed by atoms with Gasteiger partial charge in [-0.15, -0.1) is 0 Å². The molecule has 0 saturated carbocycles. The molecule has 0 aliphatic carbocycles. The highest BCUT2D eigenvalue weighted by Gasteiger charge is 2.44. The molecule has 7 amide bonds. The van der Waals surface area contributed by atoms with Crippen LogP contribution in [0.4, 0.5) is 0 Å². The number of rotatable bonds is 36. The second kappa shape index (κ2) is 33.8. The number of likely N-dealkylation sites (N-methyl/N-ethyl adjacent to an activating group) is 2. The average molecular weight is 1100 g/mol. The van der Waals surface area contributed by atoms with Gasteiger partial charge in [-0.1, -0.05) is 91.6 Å². The zero-order valence-corrected chi connectivity index (χ0v) is 50.3. The minimum absolute atomic E-state index is 0.0497. The van der Waals surface area contributed by atoms with Gasteiger partial charge >= 0.3 is 0 Å². The number of aliphatic hydroxyl groups is 1. The fourth-order valence-electron chi connectivity index (χ4n) is 10.2. The van der Waals surface area contributed by atoms with Crippen LogP contribution in [-0.4, -0.2) is 169 Å². The highest BCUT2D eigenvalue weighted by atomic mass is 16.5. The lowest BCUT2D eigenvalue weighted by molar-refractivity contribution is -0.151. The van der Waals surface area contributed by atoms with E-state index in [1.54, 1.807) is 49.9 Å². The fraction of sp³-hybridized carbons (Fsp3) is 0.776. The molecular formula is C58H102N8O12. The Hall–Kier alpha value is -4.73. The van der Waals surface area contributed by atoms with Crippen LogP contribution in [0.25, 0.3) is 0 Å². The van der Waals surface area contributed by atoms with Gasteiger partial charge in [0.15, 0.2) is 0 Å². The Morgan fingerprint density at radius 3 is 1.97 bits per heavy atom. The highest BCUT2D eigenvalue weighted by Crippen LogP contribution is 2.30. The van der Waals surface area contributed by atoms with Gasteiger partial charge in [0.2, 0.25) is 41.4 Å². The molecule has 0 radical (unpaired) electrons. The molecule has 2 unspecified atom stereocenters. The van der Waals surface area contributed by atoms with Crippen molar-refractivity contribution in [2.24, 2.45) is 29.5 Å². The van der Waals surface area contributed by atoms with E-state index < -0.39 is 77.5 Å². The summed E-state index contributed by atoms with van der Waals surface area (Å²) in [6.45, 7) is 23.4. The van der Waals surface area contributed by atoms with Gasteiger partial charge in [0.25, 0.3) is 0 Å². The number of nitrogens with two attached hydrogens (primary N) is 1. The second-order valence-electron chi connectivity index (χ2n) is 23.3. The summed E-state index contributed by atoms with van der Waals surface area (Å²) in [6, 6.07) is 5.65. The fourth-order valence-corrected chi connectivity index (χ4v) is 10.2. The average Bonchev–Trinajstić information content (AvgIpc) is 3.88. The number of amides is 7. The number of ether oxygens (including phenoxy) is 4. The smallest absolute Gasteiger partial charge is 0.249 e. The summed E-state index contributed by atoms with van der Waals surface area (Å²) in [7, 11) is 6.29. The maximum atomic E-state index is 14.7. The molecule has 1 heterocycles. The first-order valence-corrected chi connectivity index (χ1v) is 28.3. The maximum absolute atomic E-state index is 14.7. The standard InChI is InChI=1S/C58H102N8O12/c1-17-39(6)51(44(75-15)35-47(69)66-33-24-27-43(66)53(76-16)40(7)54(72)61-41(8)52(71)42-25-20-18-21-26-42)65(14)56(74)49(37(2)3)62-55(73)50(38(4)5)64(13)48(70)36-78-58(11,12)31-34-77-57(9,10)30-32-60-45(67)28-22-19-23-29-46(68)63-59/h18,20-21,25-26,37-41,43-44,49-53,71H,17,19,22-24,27-36,59H2,1-16H3,(H,60,67)(H,61,72)(H,62,73)(H,63,68)/t39-,40+,41+,43-,44+,49?,50?,51-,52+,53+/m0/s1. The van der Waals surface area contributed by atoms with E-state index in [-0.39, 0.29) is 60.3 Å². The van der Waals surface area contributed by atoms with Crippen molar-refractivity contribution in [1.29, 1.82) is 0 Å². The molecule has 1 aromatic carbocycles. The summed E-state index contributed by atoms with van der Waals surface area (Å²) in [6.07, 6.45) is 3.51. The van der Waals surface area contributed by atoms with Crippen molar-refractivity contribution in [3.63, 3.8) is 0 Å². The quantitative estimate of drug-likeness (QED) is 0.0219. The SMILES string of the molecule is CC[C@H](C)[C@@H]([C@@H](CC(=O)N1CCC[C@H]1[C@H](OC)[C@@H](C)C(=O)N[C@H](C)[C@@H](O)c1ccccc1)OC)N(C)C(=O)C(NC(=O)C(C(C)C)N(C)C(=O)COC(C)(C)CCOC(C)(C)CCNC(=O)CCCCCC(=O)NN)C(C)C. The summed E-state index contributed by atoms with van der Waals surface area (Å²) in [5.41, 5.74) is 1.49. The predicted molar refractivity (Wildman–Crippen MR) is 301 cm³/mol. The molecule has 0 spiro atoms. The molecule has 0 bridgehead atoms.